The highest BCUT2D eigenvalue weighted by molar-refractivity contribution is 5.50. The fourth-order valence-electron chi connectivity index (χ4n) is 1.92. The lowest BCUT2D eigenvalue weighted by molar-refractivity contribution is -0.385. The van der Waals surface area contributed by atoms with E-state index < -0.39 is 22.4 Å². The normalized spacial score (nSPS) is 11.7. The average Bonchev–Trinajstić information content (AvgIpc) is 2.66. The van der Waals surface area contributed by atoms with Gasteiger partial charge in [-0.15, -0.1) is 0 Å². The topological polar surface area (TPSA) is 61.0 Å². The molecule has 2 rings (SSSR count). The van der Waals surface area contributed by atoms with Gasteiger partial charge < -0.3 is 0 Å². The van der Waals surface area contributed by atoms with E-state index in [1.807, 2.05) is 0 Å². The monoisotopic (exact) mass is 285 g/mol. The first kappa shape index (κ1) is 14.0. The molecule has 2 aromatic rings. The Balaban J connectivity index is 2.70. The Kier molecular flexibility index (Phi) is 3.24. The predicted octanol–water partition coefficient (Wildman–Crippen LogP) is 3.42. The van der Waals surface area contributed by atoms with Gasteiger partial charge in [-0.1, -0.05) is 0 Å². The molecule has 1 aromatic carbocycles. The smallest absolute Gasteiger partial charge is 0.258 e. The third kappa shape index (κ3) is 2.49. The maximum Gasteiger partial charge on any atom is 0.418 e. The van der Waals surface area contributed by atoms with Crippen molar-refractivity contribution in [3.05, 3.63) is 51.3 Å². The summed E-state index contributed by atoms with van der Waals surface area (Å²) in [6.45, 7) is 3.27. The van der Waals surface area contributed by atoms with E-state index in [0.29, 0.717) is 17.5 Å². The second-order valence-electron chi connectivity index (χ2n) is 4.30. The first-order valence-electron chi connectivity index (χ1n) is 5.59. The number of aromatic nitrogens is 2. The second-order valence-corrected chi connectivity index (χ2v) is 4.30. The molecule has 0 unspecified atom stereocenters. The lowest BCUT2D eigenvalue weighted by atomic mass is 10.1. The molecular weight excluding hydrogens is 275 g/mol. The van der Waals surface area contributed by atoms with Crippen molar-refractivity contribution in [1.29, 1.82) is 0 Å². The van der Waals surface area contributed by atoms with Crippen LogP contribution in [0.2, 0.25) is 0 Å². The van der Waals surface area contributed by atoms with E-state index in [-0.39, 0.29) is 5.69 Å². The van der Waals surface area contributed by atoms with Crippen molar-refractivity contribution in [2.24, 2.45) is 0 Å². The Morgan fingerprint density at radius 1 is 1.25 bits per heavy atom. The molecule has 5 nitrogen and oxygen atoms in total. The van der Waals surface area contributed by atoms with Gasteiger partial charge in [-0.3, -0.25) is 10.1 Å². The molecular formula is C12H10F3N3O2. The van der Waals surface area contributed by atoms with Gasteiger partial charge in [0.2, 0.25) is 0 Å². The summed E-state index contributed by atoms with van der Waals surface area (Å²) in [5.41, 5.74) is -0.843. The van der Waals surface area contributed by atoms with Crippen molar-refractivity contribution < 1.29 is 18.1 Å². The van der Waals surface area contributed by atoms with Crippen molar-refractivity contribution in [2.75, 3.05) is 0 Å². The molecule has 0 saturated heterocycles. The maximum atomic E-state index is 13.1. The minimum atomic E-state index is -4.70. The standard InChI is InChI=1S/C12H10F3N3O2/c1-7-5-8(2)17(16-7)11-4-3-9(18(19)20)6-10(11)12(13,14)15/h3-6H,1-2H3. The van der Waals surface area contributed by atoms with Crippen LogP contribution in [0, 0.1) is 24.0 Å². The quantitative estimate of drug-likeness (QED) is 0.627. The van der Waals surface area contributed by atoms with Gasteiger partial charge in [0, 0.05) is 17.8 Å². The van der Waals surface area contributed by atoms with Crippen LogP contribution < -0.4 is 0 Å². The Morgan fingerprint density at radius 2 is 1.90 bits per heavy atom. The lowest BCUT2D eigenvalue weighted by Crippen LogP contribution is -2.13. The molecule has 0 spiro atoms. The van der Waals surface area contributed by atoms with Crippen LogP contribution in [0.25, 0.3) is 5.69 Å². The van der Waals surface area contributed by atoms with E-state index in [0.717, 1.165) is 16.8 Å². The van der Waals surface area contributed by atoms with Gasteiger partial charge in [0.25, 0.3) is 5.69 Å². The molecule has 0 saturated carbocycles. The maximum absolute atomic E-state index is 13.1. The van der Waals surface area contributed by atoms with Gasteiger partial charge in [0.1, 0.15) is 0 Å². The fraction of sp³-hybridized carbons (Fsp3) is 0.250. The Bertz CT molecular complexity index is 677. The molecule has 0 N–H and O–H groups in total. The van der Waals surface area contributed by atoms with Crippen molar-refractivity contribution in [2.45, 2.75) is 20.0 Å². The zero-order valence-electron chi connectivity index (χ0n) is 10.6. The molecule has 0 fully saturated rings. The molecule has 0 aliphatic carbocycles. The van der Waals surface area contributed by atoms with E-state index in [4.69, 9.17) is 0 Å². The number of nitro benzene ring substituents is 1. The molecule has 8 heteroatoms. The van der Waals surface area contributed by atoms with Gasteiger partial charge >= 0.3 is 6.18 Å². The van der Waals surface area contributed by atoms with Crippen LogP contribution >= 0.6 is 0 Å². The summed E-state index contributed by atoms with van der Waals surface area (Å²) in [5.74, 6) is 0. The van der Waals surface area contributed by atoms with Gasteiger partial charge in [-0.2, -0.15) is 18.3 Å². The van der Waals surface area contributed by atoms with Crippen molar-refractivity contribution >= 4 is 5.69 Å². The minimum absolute atomic E-state index is 0.228. The zero-order chi connectivity index (χ0) is 15.1. The number of nitrogens with zero attached hydrogens (tertiary/aromatic N) is 3. The minimum Gasteiger partial charge on any atom is -0.258 e. The molecule has 1 heterocycles. The Morgan fingerprint density at radius 3 is 2.35 bits per heavy atom. The van der Waals surface area contributed by atoms with Crippen LogP contribution in [0.4, 0.5) is 18.9 Å². The SMILES string of the molecule is Cc1cc(C)n(-c2ccc([N+](=O)[O-])cc2C(F)(F)F)n1. The van der Waals surface area contributed by atoms with Crippen molar-refractivity contribution in [3.63, 3.8) is 0 Å². The fourth-order valence-corrected chi connectivity index (χ4v) is 1.92. The van der Waals surface area contributed by atoms with Crippen LogP contribution in [-0.4, -0.2) is 14.7 Å². The van der Waals surface area contributed by atoms with Gasteiger partial charge in [-0.25, -0.2) is 4.68 Å². The third-order valence-corrected chi connectivity index (χ3v) is 2.73. The average molecular weight is 285 g/mol. The molecule has 106 valence electrons. The first-order chi connectivity index (χ1) is 9.20. The molecule has 0 bridgehead atoms. The summed E-state index contributed by atoms with van der Waals surface area (Å²) in [7, 11) is 0. The van der Waals surface area contributed by atoms with E-state index >= 15 is 0 Å². The van der Waals surface area contributed by atoms with Gasteiger partial charge in [0.05, 0.1) is 21.9 Å². The van der Waals surface area contributed by atoms with Crippen LogP contribution in [0.3, 0.4) is 0 Å². The van der Waals surface area contributed by atoms with E-state index in [9.17, 15) is 23.3 Å². The Hall–Kier alpha value is -2.38. The number of hydrogen-bond acceptors (Lipinski definition) is 3. The number of hydrogen-bond donors (Lipinski definition) is 0. The highest BCUT2D eigenvalue weighted by Crippen LogP contribution is 2.36. The number of non-ortho nitro benzene ring substituents is 1. The van der Waals surface area contributed by atoms with Crippen molar-refractivity contribution in [1.82, 2.24) is 9.78 Å². The molecule has 20 heavy (non-hydrogen) atoms. The number of nitro groups is 1. The van der Waals surface area contributed by atoms with Crippen LogP contribution in [0.5, 0.6) is 0 Å². The van der Waals surface area contributed by atoms with Crippen LogP contribution in [-0.2, 0) is 6.18 Å². The van der Waals surface area contributed by atoms with Crippen LogP contribution in [0.1, 0.15) is 17.0 Å². The molecule has 0 atom stereocenters. The molecule has 1 aromatic heterocycles. The number of rotatable bonds is 2. The number of halogens is 3. The van der Waals surface area contributed by atoms with Crippen LogP contribution in [0.15, 0.2) is 24.3 Å². The van der Waals surface area contributed by atoms with Gasteiger partial charge in [-0.05, 0) is 26.0 Å². The summed E-state index contributed by atoms with van der Waals surface area (Å²) in [6, 6.07) is 4.23. The first-order valence-corrected chi connectivity index (χ1v) is 5.59. The van der Waals surface area contributed by atoms with E-state index in [1.54, 1.807) is 19.9 Å². The largest absolute Gasteiger partial charge is 0.418 e. The summed E-state index contributed by atoms with van der Waals surface area (Å²) >= 11 is 0. The number of alkyl halides is 3. The van der Waals surface area contributed by atoms with Gasteiger partial charge in [0.15, 0.2) is 0 Å². The molecule has 0 aliphatic heterocycles. The highest BCUT2D eigenvalue weighted by atomic mass is 19.4. The second kappa shape index (κ2) is 4.62. The molecule has 0 amide bonds. The summed E-state index contributed by atoms with van der Waals surface area (Å²) in [4.78, 5) is 9.75. The number of benzene rings is 1. The number of aryl methyl sites for hydroxylation is 2. The van der Waals surface area contributed by atoms with E-state index in [1.165, 1.54) is 0 Å². The van der Waals surface area contributed by atoms with E-state index in [2.05, 4.69) is 5.10 Å². The molecule has 0 radical (unpaired) electrons. The molecule has 0 aliphatic rings. The lowest BCUT2D eigenvalue weighted by Gasteiger charge is -2.13. The Labute approximate surface area is 111 Å². The zero-order valence-corrected chi connectivity index (χ0v) is 10.6. The van der Waals surface area contributed by atoms with Crippen molar-refractivity contribution in [3.8, 4) is 5.69 Å². The summed E-state index contributed by atoms with van der Waals surface area (Å²) in [6.07, 6.45) is -4.70. The third-order valence-electron chi connectivity index (χ3n) is 2.73. The summed E-state index contributed by atoms with van der Waals surface area (Å²) < 4.78 is 40.3. The predicted molar refractivity (Wildman–Crippen MR) is 64.7 cm³/mol. The summed E-state index contributed by atoms with van der Waals surface area (Å²) in [5, 5.41) is 14.6. The highest BCUT2D eigenvalue weighted by Gasteiger charge is 2.36.